The molecule has 2 aliphatic heterocycles. The first-order chi connectivity index (χ1) is 12.7. The minimum atomic E-state index is 0.583. The van der Waals surface area contributed by atoms with Gasteiger partial charge in [0.1, 0.15) is 5.01 Å². The molecule has 0 radical (unpaired) electrons. The smallest absolute Gasteiger partial charge is 0.107 e. The van der Waals surface area contributed by atoms with Gasteiger partial charge in [0, 0.05) is 36.4 Å². The molecule has 1 N–H and O–H groups in total. The number of nitrogens with zero attached hydrogens (tertiary/aromatic N) is 3. The average Bonchev–Trinajstić information content (AvgIpc) is 3.03. The molecule has 5 heteroatoms. The zero-order chi connectivity index (χ0) is 17.6. The third kappa shape index (κ3) is 3.06. The Bertz CT molecular complexity index is 764. The molecule has 1 saturated carbocycles. The second-order valence-electron chi connectivity index (χ2n) is 8.33. The third-order valence-corrected chi connectivity index (χ3v) is 7.49. The Morgan fingerprint density at radius 1 is 1.35 bits per heavy atom. The average molecular weight is 369 g/mol. The maximum atomic E-state index is 4.45. The largest absolute Gasteiger partial charge is 0.384 e. The first kappa shape index (κ1) is 16.7. The van der Waals surface area contributed by atoms with E-state index in [1.54, 1.807) is 11.3 Å². The van der Waals surface area contributed by atoms with Gasteiger partial charge in [-0.05, 0) is 62.4 Å². The number of hydrogen-bond donors (Lipinski definition) is 1. The Morgan fingerprint density at radius 2 is 2.23 bits per heavy atom. The molecule has 1 atom stereocenters. The molecule has 4 nitrogen and oxygen atoms in total. The highest BCUT2D eigenvalue weighted by Gasteiger charge is 2.56. The van der Waals surface area contributed by atoms with Crippen molar-refractivity contribution in [3.05, 3.63) is 45.9 Å². The summed E-state index contributed by atoms with van der Waals surface area (Å²) in [4.78, 5) is 9.66. The number of piperidine rings is 1. The maximum absolute atomic E-state index is 4.45. The summed E-state index contributed by atoms with van der Waals surface area (Å²) in [5, 5.41) is 6.92. The van der Waals surface area contributed by atoms with E-state index in [0.29, 0.717) is 5.41 Å². The number of anilines is 1. The van der Waals surface area contributed by atoms with Gasteiger partial charge in [0.05, 0.1) is 6.54 Å². The molecule has 5 rings (SSSR count). The Labute approximate surface area is 160 Å². The van der Waals surface area contributed by atoms with Gasteiger partial charge in [-0.15, -0.1) is 11.3 Å². The molecule has 26 heavy (non-hydrogen) atoms. The molecule has 1 spiro atoms. The van der Waals surface area contributed by atoms with Crippen LogP contribution in [0, 0.1) is 5.41 Å². The lowest BCUT2D eigenvalue weighted by molar-refractivity contribution is 0.140. The Morgan fingerprint density at radius 3 is 3.04 bits per heavy atom. The first-order valence-corrected chi connectivity index (χ1v) is 10.8. The van der Waals surface area contributed by atoms with Gasteiger partial charge in [-0.1, -0.05) is 18.2 Å². The van der Waals surface area contributed by atoms with Gasteiger partial charge in [-0.3, -0.25) is 9.80 Å². The summed E-state index contributed by atoms with van der Waals surface area (Å²) < 4.78 is 0. The lowest BCUT2D eigenvalue weighted by Gasteiger charge is -2.34. The van der Waals surface area contributed by atoms with Crippen LogP contribution in [0.5, 0.6) is 0 Å². The fraction of sp³-hybridized carbons (Fsp3) is 0.571. The van der Waals surface area contributed by atoms with Crippen LogP contribution in [0.3, 0.4) is 0 Å². The van der Waals surface area contributed by atoms with E-state index in [1.807, 2.05) is 6.20 Å². The number of thiazole rings is 1. The van der Waals surface area contributed by atoms with Crippen LogP contribution in [0.1, 0.15) is 35.4 Å². The van der Waals surface area contributed by atoms with Crippen LogP contribution < -0.4 is 5.32 Å². The van der Waals surface area contributed by atoms with Crippen LogP contribution in [0.15, 0.2) is 29.8 Å². The maximum Gasteiger partial charge on any atom is 0.107 e. The fourth-order valence-electron chi connectivity index (χ4n) is 5.08. The molecular formula is C21H28N4S. The second kappa shape index (κ2) is 6.63. The van der Waals surface area contributed by atoms with Crippen molar-refractivity contribution in [3.8, 4) is 0 Å². The lowest BCUT2D eigenvalue weighted by Crippen LogP contribution is -2.37. The van der Waals surface area contributed by atoms with E-state index in [-0.39, 0.29) is 0 Å². The van der Waals surface area contributed by atoms with Crippen LogP contribution in [0.4, 0.5) is 5.69 Å². The van der Waals surface area contributed by atoms with Crippen molar-refractivity contribution in [2.75, 3.05) is 32.0 Å². The zero-order valence-electron chi connectivity index (χ0n) is 15.6. The van der Waals surface area contributed by atoms with Crippen LogP contribution in [0.2, 0.25) is 0 Å². The normalized spacial score (nSPS) is 24.0. The summed E-state index contributed by atoms with van der Waals surface area (Å²) in [6.07, 6.45) is 7.18. The van der Waals surface area contributed by atoms with E-state index in [1.165, 1.54) is 60.6 Å². The number of aromatic nitrogens is 1. The molecule has 138 valence electrons. The van der Waals surface area contributed by atoms with Crippen molar-refractivity contribution >= 4 is 17.0 Å². The molecule has 1 saturated heterocycles. The molecular weight excluding hydrogens is 340 g/mol. The zero-order valence-corrected chi connectivity index (χ0v) is 16.4. The van der Waals surface area contributed by atoms with E-state index in [4.69, 9.17) is 0 Å². The summed E-state index contributed by atoms with van der Waals surface area (Å²) >= 11 is 1.78. The Balaban J connectivity index is 1.17. The van der Waals surface area contributed by atoms with Crippen LogP contribution in [-0.4, -0.2) is 47.5 Å². The molecule has 3 heterocycles. The number of hydrogen-bond acceptors (Lipinski definition) is 5. The highest BCUT2D eigenvalue weighted by atomic mass is 32.1. The number of rotatable bonds is 5. The lowest BCUT2D eigenvalue weighted by atomic mass is 9.92. The molecule has 1 unspecified atom stereocenters. The summed E-state index contributed by atoms with van der Waals surface area (Å²) in [5.74, 6) is 0. The monoisotopic (exact) mass is 368 g/mol. The number of benzene rings is 1. The van der Waals surface area contributed by atoms with Gasteiger partial charge >= 0.3 is 0 Å². The third-order valence-electron chi connectivity index (χ3n) is 6.73. The van der Waals surface area contributed by atoms with Gasteiger partial charge in [0.25, 0.3) is 0 Å². The van der Waals surface area contributed by atoms with Crippen molar-refractivity contribution in [3.63, 3.8) is 0 Å². The predicted molar refractivity (Wildman–Crippen MR) is 108 cm³/mol. The molecule has 1 aromatic carbocycles. The summed E-state index contributed by atoms with van der Waals surface area (Å²) in [6.45, 7) is 5.70. The van der Waals surface area contributed by atoms with Gasteiger partial charge < -0.3 is 5.32 Å². The van der Waals surface area contributed by atoms with Gasteiger partial charge in [-0.25, -0.2) is 4.98 Å². The molecule has 2 aromatic rings. The summed E-state index contributed by atoms with van der Waals surface area (Å²) in [7, 11) is 2.28. The van der Waals surface area contributed by atoms with Crippen LogP contribution in [0.25, 0.3) is 0 Å². The molecule has 2 fully saturated rings. The van der Waals surface area contributed by atoms with Crippen molar-refractivity contribution in [1.82, 2.24) is 14.8 Å². The van der Waals surface area contributed by atoms with Gasteiger partial charge in [-0.2, -0.15) is 0 Å². The SMILES string of the molecule is CN(Cc1nccs1)C1CC12CCN(Cc1cccc3c1NCC3)CC2. The number of likely N-dealkylation sites (tertiary alicyclic amines) is 1. The summed E-state index contributed by atoms with van der Waals surface area (Å²) in [6, 6.07) is 7.58. The minimum absolute atomic E-state index is 0.583. The van der Waals surface area contributed by atoms with Crippen molar-refractivity contribution in [2.45, 2.75) is 44.8 Å². The van der Waals surface area contributed by atoms with E-state index >= 15 is 0 Å². The van der Waals surface area contributed by atoms with Crippen molar-refractivity contribution in [1.29, 1.82) is 0 Å². The Hall–Kier alpha value is -1.43. The molecule has 3 aliphatic rings. The Kier molecular flexibility index (Phi) is 4.26. The molecule has 0 amide bonds. The number of para-hydroxylation sites is 1. The van der Waals surface area contributed by atoms with E-state index in [9.17, 15) is 0 Å². The van der Waals surface area contributed by atoms with Crippen molar-refractivity contribution < 1.29 is 0 Å². The summed E-state index contributed by atoms with van der Waals surface area (Å²) in [5.41, 5.74) is 4.99. The highest BCUT2D eigenvalue weighted by molar-refractivity contribution is 7.09. The standard InChI is InChI=1S/C21H28N4S/c1-24(15-19-22-9-12-26-19)18-13-21(18)6-10-25(11-7-21)14-17-4-2-3-16-5-8-23-20(16)17/h2-4,9,12,18,23H,5-8,10-11,13-15H2,1H3. The van der Waals surface area contributed by atoms with Gasteiger partial charge in [0.15, 0.2) is 0 Å². The molecule has 1 aliphatic carbocycles. The highest BCUT2D eigenvalue weighted by Crippen LogP contribution is 2.56. The van der Waals surface area contributed by atoms with E-state index in [0.717, 1.165) is 25.7 Å². The topological polar surface area (TPSA) is 31.4 Å². The van der Waals surface area contributed by atoms with Crippen LogP contribution in [-0.2, 0) is 19.5 Å². The fourth-order valence-corrected chi connectivity index (χ4v) is 5.76. The second-order valence-corrected chi connectivity index (χ2v) is 9.31. The quantitative estimate of drug-likeness (QED) is 0.874. The van der Waals surface area contributed by atoms with E-state index in [2.05, 4.69) is 50.7 Å². The van der Waals surface area contributed by atoms with Crippen LogP contribution >= 0.6 is 11.3 Å². The number of fused-ring (bicyclic) bond motifs is 1. The molecule has 1 aromatic heterocycles. The number of nitrogens with one attached hydrogen (secondary N) is 1. The first-order valence-electron chi connectivity index (χ1n) is 9.89. The predicted octanol–water partition coefficient (Wildman–Crippen LogP) is 3.60. The van der Waals surface area contributed by atoms with Crippen molar-refractivity contribution in [2.24, 2.45) is 5.41 Å². The molecule has 0 bridgehead atoms. The van der Waals surface area contributed by atoms with E-state index < -0.39 is 0 Å². The minimum Gasteiger partial charge on any atom is -0.384 e. The van der Waals surface area contributed by atoms with Gasteiger partial charge in [0.2, 0.25) is 0 Å².